The third kappa shape index (κ3) is 3.76. The van der Waals surface area contributed by atoms with Crippen molar-refractivity contribution in [3.05, 3.63) is 76.7 Å². The lowest BCUT2D eigenvalue weighted by Gasteiger charge is -2.17. The third-order valence-electron chi connectivity index (χ3n) is 4.13. The lowest BCUT2D eigenvalue weighted by atomic mass is 10.1. The molecular weight excluding hydrogens is 312 g/mol. The molecule has 0 N–H and O–H groups in total. The van der Waals surface area contributed by atoms with Crippen molar-refractivity contribution in [1.82, 2.24) is 14.8 Å². The fourth-order valence-corrected chi connectivity index (χ4v) is 2.82. The predicted octanol–water partition coefficient (Wildman–Crippen LogP) is 3.53. The molecule has 0 bridgehead atoms. The lowest BCUT2D eigenvalue weighted by molar-refractivity contribution is 0.0992. The van der Waals surface area contributed by atoms with Gasteiger partial charge in [0, 0.05) is 24.0 Å². The van der Waals surface area contributed by atoms with Gasteiger partial charge in [-0.25, -0.2) is 4.98 Å². The van der Waals surface area contributed by atoms with Crippen molar-refractivity contribution in [2.75, 3.05) is 11.9 Å². The van der Waals surface area contributed by atoms with Crippen LogP contribution in [-0.2, 0) is 6.54 Å². The highest BCUT2D eigenvalue weighted by Crippen LogP contribution is 2.15. The van der Waals surface area contributed by atoms with Crippen LogP contribution in [-0.4, -0.2) is 27.7 Å². The van der Waals surface area contributed by atoms with Crippen molar-refractivity contribution in [2.45, 2.75) is 27.3 Å². The highest BCUT2D eigenvalue weighted by molar-refractivity contribution is 6.05. The number of aromatic nitrogens is 3. The van der Waals surface area contributed by atoms with Gasteiger partial charge in [-0.3, -0.25) is 14.4 Å². The van der Waals surface area contributed by atoms with E-state index in [0.29, 0.717) is 17.9 Å². The molecule has 1 aromatic carbocycles. The Morgan fingerprint density at radius 1 is 1.04 bits per heavy atom. The molecule has 0 unspecified atom stereocenters. The van der Waals surface area contributed by atoms with Crippen molar-refractivity contribution in [1.29, 1.82) is 0 Å². The van der Waals surface area contributed by atoms with Gasteiger partial charge < -0.3 is 0 Å². The molecule has 2 aromatic heterocycles. The molecule has 0 spiro atoms. The van der Waals surface area contributed by atoms with Gasteiger partial charge in [-0.1, -0.05) is 18.2 Å². The van der Waals surface area contributed by atoms with E-state index in [2.05, 4.69) is 10.1 Å². The van der Waals surface area contributed by atoms with Crippen molar-refractivity contribution >= 4 is 11.7 Å². The number of hydrogen-bond donors (Lipinski definition) is 0. The van der Waals surface area contributed by atoms with Crippen LogP contribution < -0.4 is 4.90 Å². The highest BCUT2D eigenvalue weighted by atomic mass is 16.2. The zero-order valence-corrected chi connectivity index (χ0v) is 15.0. The normalized spacial score (nSPS) is 10.7. The second-order valence-electron chi connectivity index (χ2n) is 6.29. The SMILES string of the molecule is Cc1cccc(N(C)C(=O)c2cccc(Cn3nc(C)cc3C)c2)n1. The molecule has 128 valence electrons. The molecule has 0 aliphatic carbocycles. The average molecular weight is 334 g/mol. The summed E-state index contributed by atoms with van der Waals surface area (Å²) in [5.41, 5.74) is 4.67. The van der Waals surface area contributed by atoms with Crippen LogP contribution in [0.15, 0.2) is 48.5 Å². The van der Waals surface area contributed by atoms with Crippen molar-refractivity contribution in [3.63, 3.8) is 0 Å². The maximum atomic E-state index is 12.8. The van der Waals surface area contributed by atoms with Gasteiger partial charge in [0.25, 0.3) is 5.91 Å². The number of anilines is 1. The van der Waals surface area contributed by atoms with Crippen LogP contribution in [0.3, 0.4) is 0 Å². The van der Waals surface area contributed by atoms with Gasteiger partial charge in [0.15, 0.2) is 0 Å². The first-order valence-corrected chi connectivity index (χ1v) is 8.26. The van der Waals surface area contributed by atoms with Crippen LogP contribution in [0.2, 0.25) is 0 Å². The largest absolute Gasteiger partial charge is 0.296 e. The fourth-order valence-electron chi connectivity index (χ4n) is 2.82. The summed E-state index contributed by atoms with van der Waals surface area (Å²) < 4.78 is 1.95. The van der Waals surface area contributed by atoms with Crippen LogP contribution in [0.1, 0.15) is 33.0 Å². The summed E-state index contributed by atoms with van der Waals surface area (Å²) in [6, 6.07) is 15.4. The topological polar surface area (TPSA) is 51.0 Å². The van der Waals surface area contributed by atoms with Crippen molar-refractivity contribution in [2.24, 2.45) is 0 Å². The Bertz CT molecular complexity index is 914. The summed E-state index contributed by atoms with van der Waals surface area (Å²) in [5.74, 6) is 0.572. The summed E-state index contributed by atoms with van der Waals surface area (Å²) in [6.45, 7) is 6.57. The second kappa shape index (κ2) is 6.89. The molecular formula is C20H22N4O. The van der Waals surface area contributed by atoms with E-state index in [1.54, 1.807) is 11.9 Å². The Balaban J connectivity index is 1.83. The van der Waals surface area contributed by atoms with Gasteiger partial charge in [0.2, 0.25) is 0 Å². The summed E-state index contributed by atoms with van der Waals surface area (Å²) >= 11 is 0. The molecule has 0 atom stereocenters. The number of nitrogens with zero attached hydrogens (tertiary/aromatic N) is 4. The number of carbonyl (C=O) groups excluding carboxylic acids is 1. The Morgan fingerprint density at radius 3 is 2.48 bits per heavy atom. The second-order valence-corrected chi connectivity index (χ2v) is 6.29. The predicted molar refractivity (Wildman–Crippen MR) is 99.0 cm³/mol. The molecule has 0 saturated heterocycles. The number of carbonyl (C=O) groups is 1. The third-order valence-corrected chi connectivity index (χ3v) is 4.13. The monoisotopic (exact) mass is 334 g/mol. The van der Waals surface area contributed by atoms with E-state index < -0.39 is 0 Å². The van der Waals surface area contributed by atoms with Gasteiger partial charge in [0.1, 0.15) is 5.82 Å². The molecule has 0 aliphatic heterocycles. The van der Waals surface area contributed by atoms with E-state index in [4.69, 9.17) is 0 Å². The van der Waals surface area contributed by atoms with E-state index >= 15 is 0 Å². The molecule has 25 heavy (non-hydrogen) atoms. The van der Waals surface area contributed by atoms with Crippen LogP contribution in [0.25, 0.3) is 0 Å². The lowest BCUT2D eigenvalue weighted by Crippen LogP contribution is -2.27. The molecule has 3 rings (SSSR count). The zero-order valence-electron chi connectivity index (χ0n) is 15.0. The van der Waals surface area contributed by atoms with Crippen LogP contribution in [0.5, 0.6) is 0 Å². The number of hydrogen-bond acceptors (Lipinski definition) is 3. The van der Waals surface area contributed by atoms with Gasteiger partial charge >= 0.3 is 0 Å². The van der Waals surface area contributed by atoms with Crippen LogP contribution >= 0.6 is 0 Å². The van der Waals surface area contributed by atoms with Gasteiger partial charge in [-0.2, -0.15) is 5.10 Å². The Morgan fingerprint density at radius 2 is 1.80 bits per heavy atom. The molecule has 2 heterocycles. The smallest absolute Gasteiger partial charge is 0.259 e. The fraction of sp³-hybridized carbons (Fsp3) is 0.250. The molecule has 5 heteroatoms. The minimum atomic E-state index is -0.0756. The van der Waals surface area contributed by atoms with Crippen molar-refractivity contribution in [3.8, 4) is 0 Å². The molecule has 0 fully saturated rings. The average Bonchev–Trinajstić information content (AvgIpc) is 2.91. The molecule has 0 saturated carbocycles. The van der Waals surface area contributed by atoms with E-state index in [1.807, 2.05) is 74.0 Å². The molecule has 0 radical (unpaired) electrons. The van der Waals surface area contributed by atoms with E-state index in [1.165, 1.54) is 0 Å². The standard InChI is InChI=1S/C20H22N4O/c1-14-7-5-10-19(21-14)23(4)20(25)18-9-6-8-17(12-18)13-24-16(3)11-15(2)22-24/h5-12H,13H2,1-4H3. The molecule has 1 amide bonds. The van der Waals surface area contributed by atoms with Gasteiger partial charge in [-0.05, 0) is 56.7 Å². The van der Waals surface area contributed by atoms with Crippen LogP contribution in [0.4, 0.5) is 5.82 Å². The van der Waals surface area contributed by atoms with Crippen molar-refractivity contribution < 1.29 is 4.79 Å². The van der Waals surface area contributed by atoms with E-state index in [9.17, 15) is 4.79 Å². The summed E-state index contributed by atoms with van der Waals surface area (Å²) in [4.78, 5) is 18.8. The number of aryl methyl sites for hydroxylation is 3. The Hall–Kier alpha value is -2.95. The zero-order chi connectivity index (χ0) is 18.0. The number of pyridine rings is 1. The number of amides is 1. The first-order chi connectivity index (χ1) is 11.9. The first kappa shape index (κ1) is 16.9. The molecule has 3 aromatic rings. The first-order valence-electron chi connectivity index (χ1n) is 8.26. The molecule has 5 nitrogen and oxygen atoms in total. The maximum Gasteiger partial charge on any atom is 0.259 e. The highest BCUT2D eigenvalue weighted by Gasteiger charge is 2.15. The quantitative estimate of drug-likeness (QED) is 0.733. The summed E-state index contributed by atoms with van der Waals surface area (Å²) in [6.07, 6.45) is 0. The van der Waals surface area contributed by atoms with Gasteiger partial charge in [0.05, 0.1) is 12.2 Å². The Kier molecular flexibility index (Phi) is 4.65. The Labute approximate surface area is 147 Å². The van der Waals surface area contributed by atoms with Crippen LogP contribution in [0, 0.1) is 20.8 Å². The van der Waals surface area contributed by atoms with E-state index in [-0.39, 0.29) is 5.91 Å². The van der Waals surface area contributed by atoms with Gasteiger partial charge in [-0.15, -0.1) is 0 Å². The summed E-state index contributed by atoms with van der Waals surface area (Å²) in [7, 11) is 1.75. The number of benzene rings is 1. The van der Waals surface area contributed by atoms with E-state index in [0.717, 1.165) is 22.6 Å². The minimum absolute atomic E-state index is 0.0756. The maximum absolute atomic E-state index is 12.8. The summed E-state index contributed by atoms with van der Waals surface area (Å²) in [5, 5.41) is 4.48. The number of rotatable bonds is 4. The molecule has 0 aliphatic rings. The minimum Gasteiger partial charge on any atom is -0.296 e.